The minimum atomic E-state index is -3.90. The molecule has 1 amide bonds. The molecular weight excluding hydrogens is 392 g/mol. The number of aryl methyl sites for hydroxylation is 2. The zero-order valence-electron chi connectivity index (χ0n) is 16.8. The minimum Gasteiger partial charge on any atom is -0.495 e. The fraction of sp³-hybridized carbons (Fsp3) is 0.381. The summed E-state index contributed by atoms with van der Waals surface area (Å²) in [5.74, 6) is -0.0378. The molecular formula is C21H26N2O5S. The van der Waals surface area contributed by atoms with E-state index in [0.29, 0.717) is 19.7 Å². The number of nitrogens with zero attached hydrogens (tertiary/aromatic N) is 1. The van der Waals surface area contributed by atoms with E-state index in [4.69, 9.17) is 9.47 Å². The molecule has 0 radical (unpaired) electrons. The van der Waals surface area contributed by atoms with Crippen molar-refractivity contribution in [1.29, 1.82) is 0 Å². The zero-order valence-corrected chi connectivity index (χ0v) is 17.7. The molecule has 0 saturated carbocycles. The number of hydrogen-bond acceptors (Lipinski definition) is 5. The largest absolute Gasteiger partial charge is 0.495 e. The molecule has 29 heavy (non-hydrogen) atoms. The molecule has 1 atom stereocenters. The monoisotopic (exact) mass is 418 g/mol. The van der Waals surface area contributed by atoms with Crippen molar-refractivity contribution in [2.45, 2.75) is 24.8 Å². The molecule has 1 aliphatic rings. The van der Waals surface area contributed by atoms with Gasteiger partial charge in [-0.1, -0.05) is 30.3 Å². The Labute approximate surface area is 171 Å². The first kappa shape index (κ1) is 21.3. The molecule has 8 heteroatoms. The van der Waals surface area contributed by atoms with Crippen molar-refractivity contribution in [3.05, 3.63) is 59.2 Å². The number of carbonyl (C=O) groups excluding carboxylic acids is 1. The lowest BCUT2D eigenvalue weighted by Gasteiger charge is -2.33. The predicted molar refractivity (Wildman–Crippen MR) is 109 cm³/mol. The second-order valence-electron chi connectivity index (χ2n) is 7.02. The van der Waals surface area contributed by atoms with E-state index in [9.17, 15) is 13.2 Å². The van der Waals surface area contributed by atoms with Crippen LogP contribution >= 0.6 is 0 Å². The Morgan fingerprint density at radius 2 is 1.90 bits per heavy atom. The van der Waals surface area contributed by atoms with Gasteiger partial charge >= 0.3 is 0 Å². The lowest BCUT2D eigenvalue weighted by Crippen LogP contribution is -2.46. The van der Waals surface area contributed by atoms with Gasteiger partial charge in [0.1, 0.15) is 16.7 Å². The lowest BCUT2D eigenvalue weighted by molar-refractivity contribution is -0.137. The molecule has 2 aromatic rings. The Bertz CT molecular complexity index is 976. The van der Waals surface area contributed by atoms with E-state index in [1.165, 1.54) is 7.11 Å². The first-order valence-corrected chi connectivity index (χ1v) is 10.9. The molecule has 0 aliphatic carbocycles. The van der Waals surface area contributed by atoms with Gasteiger partial charge in [0.2, 0.25) is 15.9 Å². The van der Waals surface area contributed by atoms with Crippen LogP contribution in [0.1, 0.15) is 22.8 Å². The quantitative estimate of drug-likeness (QED) is 0.777. The van der Waals surface area contributed by atoms with Crippen LogP contribution in [0.5, 0.6) is 5.75 Å². The number of sulfonamides is 1. The second-order valence-corrected chi connectivity index (χ2v) is 8.76. The topological polar surface area (TPSA) is 84.9 Å². The maximum atomic E-state index is 12.8. The van der Waals surface area contributed by atoms with Crippen molar-refractivity contribution in [2.75, 3.05) is 33.4 Å². The van der Waals surface area contributed by atoms with Gasteiger partial charge in [-0.15, -0.1) is 0 Å². The molecule has 3 rings (SSSR count). The third-order valence-electron chi connectivity index (χ3n) is 5.07. The second kappa shape index (κ2) is 8.94. The average molecular weight is 419 g/mol. The number of methoxy groups -OCH3 is 1. The normalized spacial score (nSPS) is 17.2. The van der Waals surface area contributed by atoms with E-state index >= 15 is 0 Å². The Hall–Kier alpha value is -2.42. The molecule has 0 unspecified atom stereocenters. The highest BCUT2D eigenvalue weighted by Crippen LogP contribution is 2.27. The van der Waals surface area contributed by atoms with Crippen LogP contribution in [0.25, 0.3) is 0 Å². The summed E-state index contributed by atoms with van der Waals surface area (Å²) in [5.41, 5.74) is 2.75. The van der Waals surface area contributed by atoms with Crippen LogP contribution in [0, 0.1) is 13.8 Å². The summed E-state index contributed by atoms with van der Waals surface area (Å²) < 4.78 is 38.9. The van der Waals surface area contributed by atoms with E-state index in [0.717, 1.165) is 16.7 Å². The summed E-state index contributed by atoms with van der Waals surface area (Å²) in [6.45, 7) is 4.61. The summed E-state index contributed by atoms with van der Waals surface area (Å²) in [6, 6.07) is 12.9. The molecule has 0 bridgehead atoms. The number of ether oxygens (including phenoxy) is 2. The van der Waals surface area contributed by atoms with Gasteiger partial charge < -0.3 is 14.4 Å². The fourth-order valence-electron chi connectivity index (χ4n) is 3.22. The first-order valence-electron chi connectivity index (χ1n) is 9.41. The summed E-state index contributed by atoms with van der Waals surface area (Å²) >= 11 is 0. The molecule has 0 aromatic heterocycles. The number of hydrogen-bond donors (Lipinski definition) is 1. The van der Waals surface area contributed by atoms with Gasteiger partial charge in [0.15, 0.2) is 0 Å². The summed E-state index contributed by atoms with van der Waals surface area (Å²) in [7, 11) is -2.47. The highest BCUT2D eigenvalue weighted by Gasteiger charge is 2.27. The highest BCUT2D eigenvalue weighted by atomic mass is 32.2. The van der Waals surface area contributed by atoms with E-state index in [1.54, 1.807) is 17.0 Å². The lowest BCUT2D eigenvalue weighted by atomic mass is 10.1. The van der Waals surface area contributed by atoms with Gasteiger partial charge in [0.05, 0.1) is 26.8 Å². The molecule has 1 fully saturated rings. The molecule has 156 valence electrons. The number of benzene rings is 2. The standard InChI is InChI=1S/C21H26N2O5S/c1-15-11-18(27-3)20(12-16(15)2)29(25,26)22-13-21(24)23-9-10-28-19(14-23)17-7-5-4-6-8-17/h4-8,11-12,19,22H,9-10,13-14H2,1-3H3/t19-/m1/s1. The summed E-state index contributed by atoms with van der Waals surface area (Å²) in [4.78, 5) is 14.3. The Balaban J connectivity index is 1.68. The smallest absolute Gasteiger partial charge is 0.244 e. The number of morpholine rings is 1. The van der Waals surface area contributed by atoms with Gasteiger partial charge in [-0.2, -0.15) is 0 Å². The van der Waals surface area contributed by atoms with E-state index in [-0.39, 0.29) is 29.2 Å². The third-order valence-corrected chi connectivity index (χ3v) is 6.50. The zero-order chi connectivity index (χ0) is 21.0. The molecule has 0 spiro atoms. The van der Waals surface area contributed by atoms with Crippen LogP contribution in [-0.4, -0.2) is 52.6 Å². The fourth-order valence-corrected chi connectivity index (χ4v) is 4.43. The van der Waals surface area contributed by atoms with Gasteiger partial charge in [0, 0.05) is 6.54 Å². The third kappa shape index (κ3) is 4.95. The molecule has 1 saturated heterocycles. The van der Waals surface area contributed by atoms with Crippen molar-refractivity contribution in [3.63, 3.8) is 0 Å². The van der Waals surface area contributed by atoms with E-state index in [1.807, 2.05) is 44.2 Å². The van der Waals surface area contributed by atoms with Crippen LogP contribution in [0.15, 0.2) is 47.4 Å². The number of rotatable bonds is 6. The van der Waals surface area contributed by atoms with Crippen molar-refractivity contribution in [2.24, 2.45) is 0 Å². The minimum absolute atomic E-state index is 0.0278. The Morgan fingerprint density at radius 3 is 2.59 bits per heavy atom. The van der Waals surface area contributed by atoms with Crippen LogP contribution in [0.3, 0.4) is 0 Å². The number of amides is 1. The predicted octanol–water partition coefficient (Wildman–Crippen LogP) is 2.19. The maximum Gasteiger partial charge on any atom is 0.244 e. The van der Waals surface area contributed by atoms with Crippen LogP contribution in [0.2, 0.25) is 0 Å². The highest BCUT2D eigenvalue weighted by molar-refractivity contribution is 7.89. The molecule has 7 nitrogen and oxygen atoms in total. The van der Waals surface area contributed by atoms with E-state index < -0.39 is 10.0 Å². The van der Waals surface area contributed by atoms with Crippen LogP contribution in [0.4, 0.5) is 0 Å². The van der Waals surface area contributed by atoms with Crippen molar-refractivity contribution < 1.29 is 22.7 Å². The molecule has 1 N–H and O–H groups in total. The maximum absolute atomic E-state index is 12.8. The van der Waals surface area contributed by atoms with Crippen molar-refractivity contribution in [3.8, 4) is 5.75 Å². The van der Waals surface area contributed by atoms with Gasteiger partial charge in [0.25, 0.3) is 0 Å². The van der Waals surface area contributed by atoms with Crippen LogP contribution in [-0.2, 0) is 19.6 Å². The number of nitrogens with one attached hydrogen (secondary N) is 1. The summed E-state index contributed by atoms with van der Waals surface area (Å²) in [6.07, 6.45) is -0.217. The van der Waals surface area contributed by atoms with Crippen molar-refractivity contribution in [1.82, 2.24) is 9.62 Å². The van der Waals surface area contributed by atoms with Gasteiger partial charge in [-0.25, -0.2) is 13.1 Å². The van der Waals surface area contributed by atoms with Crippen LogP contribution < -0.4 is 9.46 Å². The Morgan fingerprint density at radius 1 is 1.21 bits per heavy atom. The van der Waals surface area contributed by atoms with Gasteiger partial charge in [-0.05, 0) is 42.7 Å². The SMILES string of the molecule is COc1cc(C)c(C)cc1S(=O)(=O)NCC(=O)N1CCO[C@@H](c2ccccc2)C1. The average Bonchev–Trinajstić information content (AvgIpc) is 2.74. The first-order chi connectivity index (χ1) is 13.8. The molecule has 1 aliphatic heterocycles. The molecule has 1 heterocycles. The Kier molecular flexibility index (Phi) is 6.56. The van der Waals surface area contributed by atoms with Crippen molar-refractivity contribution >= 4 is 15.9 Å². The number of carbonyl (C=O) groups is 1. The van der Waals surface area contributed by atoms with Gasteiger partial charge in [-0.3, -0.25) is 4.79 Å². The molecule has 2 aromatic carbocycles. The summed E-state index contributed by atoms with van der Waals surface area (Å²) in [5, 5.41) is 0. The van der Waals surface area contributed by atoms with E-state index in [2.05, 4.69) is 4.72 Å².